The lowest BCUT2D eigenvalue weighted by Gasteiger charge is -2.30. The second-order valence-electron chi connectivity index (χ2n) is 11.3. The summed E-state index contributed by atoms with van der Waals surface area (Å²) in [6, 6.07) is 5.17. The van der Waals surface area contributed by atoms with E-state index in [0.29, 0.717) is 31.6 Å². The molecule has 4 atom stereocenters. The minimum atomic E-state index is -1.04. The highest BCUT2D eigenvalue weighted by Gasteiger charge is 2.36. The molecule has 0 unspecified atom stereocenters. The maximum atomic E-state index is 13.7. The van der Waals surface area contributed by atoms with E-state index in [4.69, 9.17) is 9.47 Å². The molecule has 5 N–H and O–H groups in total. The number of hydrogen-bond donors (Lipinski definition) is 5. The van der Waals surface area contributed by atoms with Gasteiger partial charge in [0.1, 0.15) is 17.8 Å². The maximum Gasteiger partial charge on any atom is 0.247 e. The van der Waals surface area contributed by atoms with Crippen molar-refractivity contribution >= 4 is 23.6 Å². The van der Waals surface area contributed by atoms with Gasteiger partial charge in [-0.3, -0.25) is 24.4 Å². The molecule has 11 nitrogen and oxygen atoms in total. The average molecular weight is 549 g/mol. The molecule has 0 aromatic heterocycles. The Labute approximate surface area is 230 Å². The van der Waals surface area contributed by atoms with Crippen LogP contribution in [0, 0.1) is 17.8 Å². The summed E-state index contributed by atoms with van der Waals surface area (Å²) >= 11 is 0. The minimum absolute atomic E-state index is 0.0592. The molecular formula is C28H44N4O7. The van der Waals surface area contributed by atoms with E-state index in [-0.39, 0.29) is 18.9 Å². The number of ether oxygens (including phenoxy) is 2. The number of fused-ring (bicyclic) bond motifs is 11. The van der Waals surface area contributed by atoms with Crippen molar-refractivity contribution in [3.63, 3.8) is 0 Å². The van der Waals surface area contributed by atoms with Gasteiger partial charge in [0.2, 0.25) is 23.6 Å². The third-order valence-corrected chi connectivity index (χ3v) is 6.48. The Morgan fingerprint density at radius 3 is 2.38 bits per heavy atom. The summed E-state index contributed by atoms with van der Waals surface area (Å²) in [6.07, 6.45) is 1.29. The second kappa shape index (κ2) is 14.8. The van der Waals surface area contributed by atoms with Gasteiger partial charge in [0.25, 0.3) is 0 Å². The van der Waals surface area contributed by atoms with Crippen LogP contribution in [0.2, 0.25) is 0 Å². The van der Waals surface area contributed by atoms with Gasteiger partial charge in [0.15, 0.2) is 0 Å². The molecule has 1 aromatic rings. The largest absolute Gasteiger partial charge is 0.494 e. The molecule has 4 amide bonds. The van der Waals surface area contributed by atoms with Gasteiger partial charge in [-0.25, -0.2) is 5.48 Å². The van der Waals surface area contributed by atoms with E-state index < -0.39 is 53.1 Å². The zero-order valence-corrected chi connectivity index (χ0v) is 23.8. The van der Waals surface area contributed by atoms with Crippen LogP contribution in [0.15, 0.2) is 24.3 Å². The van der Waals surface area contributed by atoms with Gasteiger partial charge < -0.3 is 25.4 Å². The van der Waals surface area contributed by atoms with Gasteiger partial charge in [-0.1, -0.05) is 26.0 Å². The quantitative estimate of drug-likeness (QED) is 0.245. The van der Waals surface area contributed by atoms with E-state index in [1.807, 2.05) is 46.8 Å². The van der Waals surface area contributed by atoms with Crippen LogP contribution < -0.4 is 26.2 Å². The van der Waals surface area contributed by atoms with Crippen molar-refractivity contribution in [1.29, 1.82) is 0 Å². The Bertz CT molecular complexity index is 975. The molecule has 0 fully saturated rings. The molecule has 0 aliphatic carbocycles. The van der Waals surface area contributed by atoms with E-state index in [2.05, 4.69) is 16.0 Å². The Morgan fingerprint density at radius 1 is 1.15 bits per heavy atom. The van der Waals surface area contributed by atoms with E-state index in [1.54, 1.807) is 17.6 Å². The van der Waals surface area contributed by atoms with Crippen LogP contribution >= 0.6 is 0 Å². The minimum Gasteiger partial charge on any atom is -0.494 e. The first-order valence-electron chi connectivity index (χ1n) is 13.5. The molecule has 2 heterocycles. The molecule has 0 spiro atoms. The molecule has 3 rings (SSSR count). The first kappa shape index (κ1) is 32.0. The predicted octanol–water partition coefficient (Wildman–Crippen LogP) is 1.72. The topological polar surface area (TPSA) is 155 Å². The number of carbonyl (C=O) groups is 4. The Morgan fingerprint density at radius 2 is 1.82 bits per heavy atom. The zero-order chi connectivity index (χ0) is 29.2. The predicted molar refractivity (Wildman–Crippen MR) is 145 cm³/mol. The first-order valence-corrected chi connectivity index (χ1v) is 13.5. The Balaban J connectivity index is 2.41. The summed E-state index contributed by atoms with van der Waals surface area (Å²) in [5, 5.41) is 17.5. The van der Waals surface area contributed by atoms with E-state index in [9.17, 15) is 24.4 Å². The summed E-state index contributed by atoms with van der Waals surface area (Å²) < 4.78 is 11.5. The Kier molecular flexibility index (Phi) is 12.2. The van der Waals surface area contributed by atoms with Crippen LogP contribution in [-0.4, -0.2) is 66.8 Å². The molecule has 0 saturated carbocycles. The third-order valence-electron chi connectivity index (χ3n) is 6.48. The van der Waals surface area contributed by atoms with Gasteiger partial charge in [0.05, 0.1) is 24.7 Å². The molecule has 2 aliphatic heterocycles. The van der Waals surface area contributed by atoms with Crippen molar-refractivity contribution < 1.29 is 33.9 Å². The molecule has 39 heavy (non-hydrogen) atoms. The number of hydrogen-bond acceptors (Lipinski definition) is 7. The lowest BCUT2D eigenvalue weighted by Crippen LogP contribution is -2.57. The second-order valence-corrected chi connectivity index (χ2v) is 11.3. The van der Waals surface area contributed by atoms with Crippen molar-refractivity contribution in [2.45, 2.75) is 78.0 Å². The molecule has 1 aromatic carbocycles. The van der Waals surface area contributed by atoms with Gasteiger partial charge in [-0.05, 0) is 63.6 Å². The highest BCUT2D eigenvalue weighted by Crippen LogP contribution is 2.27. The fraction of sp³-hybridized carbons (Fsp3) is 0.643. The highest BCUT2D eigenvalue weighted by atomic mass is 16.5. The van der Waals surface area contributed by atoms with Gasteiger partial charge in [0, 0.05) is 19.4 Å². The van der Waals surface area contributed by atoms with E-state index in [1.165, 1.54) is 7.05 Å². The van der Waals surface area contributed by atoms with Crippen LogP contribution in [0.5, 0.6) is 5.75 Å². The lowest BCUT2D eigenvalue weighted by molar-refractivity contribution is -0.142. The van der Waals surface area contributed by atoms with Crippen LogP contribution in [-0.2, 0) is 30.3 Å². The van der Waals surface area contributed by atoms with Crippen LogP contribution in [0.25, 0.3) is 0 Å². The molecule has 11 heteroatoms. The summed E-state index contributed by atoms with van der Waals surface area (Å²) in [6.45, 7) is 9.68. The lowest BCUT2D eigenvalue weighted by atomic mass is 9.81. The van der Waals surface area contributed by atoms with Gasteiger partial charge in [-0.15, -0.1) is 0 Å². The highest BCUT2D eigenvalue weighted by molar-refractivity contribution is 5.94. The van der Waals surface area contributed by atoms with E-state index in [0.717, 1.165) is 5.56 Å². The number of nitrogens with one attached hydrogen (secondary N) is 4. The summed E-state index contributed by atoms with van der Waals surface area (Å²) in [7, 11) is 1.47. The number of hydroxylamine groups is 1. The number of likely N-dealkylation sites (N-methyl/N-ethyl adjacent to an activating group) is 1. The number of amides is 4. The molecule has 0 radical (unpaired) electrons. The molecule has 0 saturated heterocycles. The summed E-state index contributed by atoms with van der Waals surface area (Å²) in [5.41, 5.74) is 1.93. The number of rotatable bonds is 8. The van der Waals surface area contributed by atoms with Crippen molar-refractivity contribution in [2.24, 2.45) is 17.8 Å². The summed E-state index contributed by atoms with van der Waals surface area (Å²) in [5.74, 6) is -3.05. The van der Waals surface area contributed by atoms with Crippen LogP contribution in [0.1, 0.15) is 59.4 Å². The average Bonchev–Trinajstić information content (AvgIpc) is 2.88. The van der Waals surface area contributed by atoms with E-state index >= 15 is 0 Å². The fourth-order valence-corrected chi connectivity index (χ4v) is 4.46. The fourth-order valence-electron chi connectivity index (χ4n) is 4.46. The van der Waals surface area contributed by atoms with Crippen molar-refractivity contribution in [1.82, 2.24) is 21.4 Å². The maximum absolute atomic E-state index is 13.7. The smallest absolute Gasteiger partial charge is 0.247 e. The van der Waals surface area contributed by atoms with Crippen molar-refractivity contribution in [3.05, 3.63) is 29.8 Å². The monoisotopic (exact) mass is 548 g/mol. The Hall–Kier alpha value is -3.18. The molecule has 2 bridgehead atoms. The van der Waals surface area contributed by atoms with Crippen LogP contribution in [0.3, 0.4) is 0 Å². The third kappa shape index (κ3) is 10.5. The SMILES string of the molecule is CNC(=O)[C@@H](COC(C)(C)C)NC(=O)[C@@H]1Cc2ccc(cc2)OCCC[C@H](C(=O)NO)[C@@H](CC(C)C)C(=O)N1. The van der Waals surface area contributed by atoms with Gasteiger partial charge in [-0.2, -0.15) is 0 Å². The van der Waals surface area contributed by atoms with Crippen LogP contribution in [0.4, 0.5) is 0 Å². The zero-order valence-electron chi connectivity index (χ0n) is 23.8. The van der Waals surface area contributed by atoms with Crippen molar-refractivity contribution in [2.75, 3.05) is 20.3 Å². The molecular weight excluding hydrogens is 504 g/mol. The normalized spacial score (nSPS) is 21.2. The summed E-state index contributed by atoms with van der Waals surface area (Å²) in [4.78, 5) is 52.4. The molecule has 2 aliphatic rings. The van der Waals surface area contributed by atoms with Crippen molar-refractivity contribution in [3.8, 4) is 5.75 Å². The standard InChI is InChI=1S/C28H44N4O7/c1-17(2)14-21-20(25(34)32-37)8-7-13-38-19-11-9-18(10-12-19)15-22(30-24(21)33)27(36)31-23(26(35)29-6)16-39-28(3,4)5/h9-12,17,20-23,37H,7-8,13-16H2,1-6H3,(H,29,35)(H,30,33)(H,31,36)(H,32,34)/t20-,21+,22-,23+/m0/s1. The number of benzene rings is 1. The van der Waals surface area contributed by atoms with Gasteiger partial charge >= 0.3 is 0 Å². The number of carbonyl (C=O) groups excluding carboxylic acids is 4. The molecule has 218 valence electrons. The first-order chi connectivity index (χ1) is 18.3.